The molecule has 0 aromatic carbocycles. The number of pyridine rings is 1. The van der Waals surface area contributed by atoms with E-state index in [0.29, 0.717) is 5.41 Å². The highest BCUT2D eigenvalue weighted by Gasteiger charge is 2.34. The summed E-state index contributed by atoms with van der Waals surface area (Å²) in [5.41, 5.74) is 8.10. The quantitative estimate of drug-likeness (QED) is 0.842. The predicted molar refractivity (Wildman–Crippen MR) is 82.2 cm³/mol. The fraction of sp³-hybridized carbons (Fsp3) is 0.688. The summed E-state index contributed by atoms with van der Waals surface area (Å²) in [5.74, 6) is 1.75. The lowest BCUT2D eigenvalue weighted by Gasteiger charge is -2.31. The predicted octanol–water partition coefficient (Wildman–Crippen LogP) is 3.99. The maximum Gasteiger partial charge on any atom is 0.129 e. The minimum atomic E-state index is 0.476. The van der Waals surface area contributed by atoms with Crippen molar-refractivity contribution in [3.63, 3.8) is 0 Å². The van der Waals surface area contributed by atoms with Gasteiger partial charge in [-0.3, -0.25) is 0 Å². The standard InChI is InChI=1S/C16H27N3/c1-12(2)9-16(6-4-5-7-16)11-19-15-13(3)8-14(17)10-18-15/h8,10,12H,4-7,9,11,17H2,1-3H3,(H,18,19). The van der Waals surface area contributed by atoms with Crippen LogP contribution in [0.2, 0.25) is 0 Å². The lowest BCUT2D eigenvalue weighted by molar-refractivity contribution is 0.252. The molecular weight excluding hydrogens is 234 g/mol. The number of anilines is 2. The first-order valence-corrected chi connectivity index (χ1v) is 7.47. The molecule has 2 rings (SSSR count). The van der Waals surface area contributed by atoms with E-state index in [1.807, 2.05) is 6.07 Å². The van der Waals surface area contributed by atoms with E-state index in [9.17, 15) is 0 Å². The van der Waals surface area contributed by atoms with Crippen molar-refractivity contribution in [3.05, 3.63) is 17.8 Å². The van der Waals surface area contributed by atoms with Crippen LogP contribution in [0.25, 0.3) is 0 Å². The second-order valence-electron chi connectivity index (χ2n) is 6.59. The van der Waals surface area contributed by atoms with Crippen molar-refractivity contribution in [2.45, 2.75) is 52.9 Å². The van der Waals surface area contributed by atoms with Crippen LogP contribution in [0.4, 0.5) is 11.5 Å². The van der Waals surface area contributed by atoms with Crippen molar-refractivity contribution in [2.75, 3.05) is 17.6 Å². The Morgan fingerprint density at radius 1 is 1.37 bits per heavy atom. The normalized spacial score (nSPS) is 17.9. The molecule has 1 aliphatic carbocycles. The van der Waals surface area contributed by atoms with Gasteiger partial charge in [0.2, 0.25) is 0 Å². The Hall–Kier alpha value is -1.25. The first kappa shape index (κ1) is 14.2. The Balaban J connectivity index is 2.02. The first-order valence-electron chi connectivity index (χ1n) is 7.47. The number of hydrogen-bond acceptors (Lipinski definition) is 3. The Morgan fingerprint density at radius 3 is 2.63 bits per heavy atom. The fourth-order valence-electron chi connectivity index (χ4n) is 3.50. The average molecular weight is 261 g/mol. The molecule has 1 saturated carbocycles. The van der Waals surface area contributed by atoms with Crippen molar-refractivity contribution in [3.8, 4) is 0 Å². The lowest BCUT2D eigenvalue weighted by atomic mass is 9.78. The summed E-state index contributed by atoms with van der Waals surface area (Å²) in [6, 6.07) is 1.99. The fourth-order valence-corrected chi connectivity index (χ4v) is 3.50. The lowest BCUT2D eigenvalue weighted by Crippen LogP contribution is -2.29. The van der Waals surface area contributed by atoms with Gasteiger partial charge in [0.05, 0.1) is 11.9 Å². The van der Waals surface area contributed by atoms with Gasteiger partial charge in [-0.15, -0.1) is 0 Å². The van der Waals surface area contributed by atoms with Gasteiger partial charge in [-0.05, 0) is 49.1 Å². The van der Waals surface area contributed by atoms with Gasteiger partial charge in [-0.25, -0.2) is 4.98 Å². The highest BCUT2D eigenvalue weighted by atomic mass is 15.0. The Kier molecular flexibility index (Phi) is 4.33. The van der Waals surface area contributed by atoms with E-state index in [2.05, 4.69) is 31.1 Å². The average Bonchev–Trinajstić information content (AvgIpc) is 2.76. The van der Waals surface area contributed by atoms with Gasteiger partial charge in [-0.2, -0.15) is 0 Å². The molecule has 0 unspecified atom stereocenters. The van der Waals surface area contributed by atoms with Crippen LogP contribution in [0.1, 0.15) is 51.5 Å². The minimum Gasteiger partial charge on any atom is -0.397 e. The van der Waals surface area contributed by atoms with Gasteiger partial charge in [0.1, 0.15) is 5.82 Å². The van der Waals surface area contributed by atoms with E-state index in [1.165, 1.54) is 32.1 Å². The molecular formula is C16H27N3. The van der Waals surface area contributed by atoms with Crippen molar-refractivity contribution in [2.24, 2.45) is 11.3 Å². The Labute approximate surface area is 117 Å². The van der Waals surface area contributed by atoms with Gasteiger partial charge >= 0.3 is 0 Å². The van der Waals surface area contributed by atoms with Crippen LogP contribution < -0.4 is 11.1 Å². The number of rotatable bonds is 5. The first-order chi connectivity index (χ1) is 9.01. The summed E-state index contributed by atoms with van der Waals surface area (Å²) in [7, 11) is 0. The van der Waals surface area contributed by atoms with Crippen LogP contribution >= 0.6 is 0 Å². The second-order valence-corrected chi connectivity index (χ2v) is 6.59. The molecule has 3 heteroatoms. The third-order valence-corrected chi connectivity index (χ3v) is 4.24. The molecule has 0 saturated heterocycles. The summed E-state index contributed by atoms with van der Waals surface area (Å²) in [5, 5.41) is 3.56. The highest BCUT2D eigenvalue weighted by Crippen LogP contribution is 2.43. The topological polar surface area (TPSA) is 50.9 Å². The van der Waals surface area contributed by atoms with Crippen LogP contribution in [-0.2, 0) is 0 Å². The number of nitrogen functional groups attached to an aromatic ring is 1. The Morgan fingerprint density at radius 2 is 2.05 bits per heavy atom. The molecule has 0 aliphatic heterocycles. The monoisotopic (exact) mass is 261 g/mol. The van der Waals surface area contributed by atoms with Gasteiger partial charge in [-0.1, -0.05) is 26.7 Å². The molecule has 0 bridgehead atoms. The summed E-state index contributed by atoms with van der Waals surface area (Å²) >= 11 is 0. The number of aromatic nitrogens is 1. The van der Waals surface area contributed by atoms with Gasteiger partial charge < -0.3 is 11.1 Å². The maximum absolute atomic E-state index is 5.75. The number of hydrogen-bond donors (Lipinski definition) is 2. The van der Waals surface area contributed by atoms with Crippen LogP contribution in [0, 0.1) is 18.3 Å². The molecule has 1 aliphatic rings. The largest absolute Gasteiger partial charge is 0.397 e. The van der Waals surface area contributed by atoms with Crippen molar-refractivity contribution < 1.29 is 0 Å². The SMILES string of the molecule is Cc1cc(N)cnc1NCC1(CC(C)C)CCCC1. The molecule has 19 heavy (non-hydrogen) atoms. The highest BCUT2D eigenvalue weighted by molar-refractivity contribution is 5.50. The van der Waals surface area contributed by atoms with Gasteiger partial charge in [0, 0.05) is 6.54 Å². The van der Waals surface area contributed by atoms with Gasteiger partial charge in [0.25, 0.3) is 0 Å². The molecule has 1 heterocycles. The van der Waals surface area contributed by atoms with E-state index >= 15 is 0 Å². The molecule has 3 nitrogen and oxygen atoms in total. The second kappa shape index (κ2) is 5.81. The Bertz CT molecular complexity index is 420. The van der Waals surface area contributed by atoms with Crippen LogP contribution in [0.5, 0.6) is 0 Å². The number of aryl methyl sites for hydroxylation is 1. The zero-order valence-corrected chi connectivity index (χ0v) is 12.5. The number of nitrogens with one attached hydrogen (secondary N) is 1. The van der Waals surface area contributed by atoms with E-state index in [0.717, 1.165) is 29.5 Å². The van der Waals surface area contributed by atoms with E-state index in [4.69, 9.17) is 5.73 Å². The van der Waals surface area contributed by atoms with Gasteiger partial charge in [0.15, 0.2) is 0 Å². The third kappa shape index (κ3) is 3.62. The summed E-state index contributed by atoms with van der Waals surface area (Å²) in [6.45, 7) is 7.76. The van der Waals surface area contributed by atoms with Crippen molar-refractivity contribution in [1.82, 2.24) is 4.98 Å². The zero-order chi connectivity index (χ0) is 13.9. The van der Waals surface area contributed by atoms with Crippen molar-refractivity contribution in [1.29, 1.82) is 0 Å². The molecule has 1 aromatic rings. The molecule has 1 aromatic heterocycles. The number of nitrogens with two attached hydrogens (primary N) is 1. The molecule has 0 radical (unpaired) electrons. The zero-order valence-electron chi connectivity index (χ0n) is 12.5. The number of nitrogens with zero attached hydrogens (tertiary/aromatic N) is 1. The molecule has 0 atom stereocenters. The van der Waals surface area contributed by atoms with Crippen LogP contribution in [0.3, 0.4) is 0 Å². The summed E-state index contributed by atoms with van der Waals surface area (Å²) in [4.78, 5) is 4.41. The van der Waals surface area contributed by atoms with E-state index in [-0.39, 0.29) is 0 Å². The third-order valence-electron chi connectivity index (χ3n) is 4.24. The summed E-state index contributed by atoms with van der Waals surface area (Å²) < 4.78 is 0. The smallest absolute Gasteiger partial charge is 0.129 e. The molecule has 1 fully saturated rings. The van der Waals surface area contributed by atoms with Crippen LogP contribution in [0.15, 0.2) is 12.3 Å². The van der Waals surface area contributed by atoms with Crippen LogP contribution in [-0.4, -0.2) is 11.5 Å². The minimum absolute atomic E-state index is 0.476. The molecule has 106 valence electrons. The molecule has 0 amide bonds. The molecule has 0 spiro atoms. The van der Waals surface area contributed by atoms with Crippen molar-refractivity contribution >= 4 is 11.5 Å². The van der Waals surface area contributed by atoms with E-state index < -0.39 is 0 Å². The van der Waals surface area contributed by atoms with E-state index in [1.54, 1.807) is 6.20 Å². The molecule has 3 N–H and O–H groups in total. The maximum atomic E-state index is 5.75. The summed E-state index contributed by atoms with van der Waals surface area (Å²) in [6.07, 6.45) is 8.51.